The Labute approximate surface area is 67.1 Å². The van der Waals surface area contributed by atoms with Crippen LogP contribution in [-0.4, -0.2) is 30.3 Å². The Morgan fingerprint density at radius 1 is 1.73 bits per heavy atom. The molecular weight excluding hydrogens is 140 g/mol. The van der Waals surface area contributed by atoms with Crippen molar-refractivity contribution >= 4 is 0 Å². The Kier molecular flexibility index (Phi) is 1.47. The fourth-order valence-corrected chi connectivity index (χ4v) is 2.34. The summed E-state index contributed by atoms with van der Waals surface area (Å²) in [6.45, 7) is 3.21. The van der Waals surface area contributed by atoms with Crippen LogP contribution in [0.3, 0.4) is 0 Å². The first-order valence-corrected chi connectivity index (χ1v) is 4.14. The van der Waals surface area contributed by atoms with Crippen LogP contribution in [0, 0.1) is 5.92 Å². The number of hydrogen-bond donors (Lipinski definition) is 3. The summed E-state index contributed by atoms with van der Waals surface area (Å²) in [7, 11) is 2.01. The van der Waals surface area contributed by atoms with Gasteiger partial charge in [0.05, 0.1) is 5.54 Å². The summed E-state index contributed by atoms with van der Waals surface area (Å²) in [5.74, 6) is 6.38. The van der Waals surface area contributed by atoms with Gasteiger partial charge in [-0.1, -0.05) is 0 Å². The highest BCUT2D eigenvalue weighted by atomic mass is 15.7. The average molecular weight is 156 g/mol. The van der Waals surface area contributed by atoms with E-state index in [1.165, 1.54) is 6.42 Å². The molecule has 1 aliphatic heterocycles. The molecule has 3 unspecified atom stereocenters. The third-order valence-corrected chi connectivity index (χ3v) is 3.24. The lowest BCUT2D eigenvalue weighted by molar-refractivity contribution is 0.0867. The predicted molar refractivity (Wildman–Crippen MR) is 43.4 cm³/mol. The van der Waals surface area contributed by atoms with Gasteiger partial charge in [-0.2, -0.15) is 5.12 Å². The van der Waals surface area contributed by atoms with Crippen LogP contribution >= 0.6 is 0 Å². The molecule has 2 aliphatic rings. The zero-order valence-electron chi connectivity index (χ0n) is 7.09. The summed E-state index contributed by atoms with van der Waals surface area (Å²) in [5.41, 5.74) is 3.49. The number of nitrogens with two attached hydrogens (primary N) is 1. The van der Waals surface area contributed by atoms with E-state index in [9.17, 15) is 0 Å². The van der Waals surface area contributed by atoms with E-state index >= 15 is 0 Å². The maximum atomic E-state index is 5.65. The molecule has 0 amide bonds. The van der Waals surface area contributed by atoms with E-state index in [2.05, 4.69) is 17.7 Å². The van der Waals surface area contributed by atoms with Crippen LogP contribution < -0.4 is 16.6 Å². The second-order valence-electron chi connectivity index (χ2n) is 3.82. The highest BCUT2D eigenvalue weighted by molar-refractivity contribution is 5.12. The van der Waals surface area contributed by atoms with Crippen LogP contribution in [0.25, 0.3) is 0 Å². The molecule has 0 aromatic heterocycles. The van der Waals surface area contributed by atoms with E-state index in [4.69, 9.17) is 5.84 Å². The van der Waals surface area contributed by atoms with Crippen molar-refractivity contribution in [3.8, 4) is 0 Å². The van der Waals surface area contributed by atoms with Crippen molar-refractivity contribution in [3.63, 3.8) is 0 Å². The number of hydrazine groups is 2. The monoisotopic (exact) mass is 156 g/mol. The molecule has 2 rings (SSSR count). The summed E-state index contributed by atoms with van der Waals surface area (Å²) in [5, 5.41) is 5.00. The van der Waals surface area contributed by atoms with Gasteiger partial charge in [0.1, 0.15) is 0 Å². The fraction of sp³-hybridized carbons (Fsp3) is 1.00. The molecule has 11 heavy (non-hydrogen) atoms. The van der Waals surface area contributed by atoms with Gasteiger partial charge in [-0.3, -0.25) is 5.84 Å². The first-order chi connectivity index (χ1) is 5.16. The van der Waals surface area contributed by atoms with Crippen molar-refractivity contribution in [2.24, 2.45) is 11.8 Å². The van der Waals surface area contributed by atoms with Crippen LogP contribution in [0.15, 0.2) is 0 Å². The van der Waals surface area contributed by atoms with Crippen molar-refractivity contribution in [3.05, 3.63) is 0 Å². The zero-order valence-corrected chi connectivity index (χ0v) is 7.09. The molecule has 0 radical (unpaired) electrons. The summed E-state index contributed by atoms with van der Waals surface area (Å²) in [6, 6.07) is 0.584. The molecule has 64 valence electrons. The Hall–Kier alpha value is -0.160. The Balaban J connectivity index is 2.08. The quantitative estimate of drug-likeness (QED) is 0.428. The highest BCUT2D eigenvalue weighted by Crippen LogP contribution is 2.41. The average Bonchev–Trinajstić information content (AvgIpc) is 2.14. The Morgan fingerprint density at radius 2 is 2.45 bits per heavy atom. The van der Waals surface area contributed by atoms with E-state index in [1.54, 1.807) is 5.12 Å². The molecule has 1 heterocycles. The molecule has 4 nitrogen and oxygen atoms in total. The maximum absolute atomic E-state index is 5.65. The van der Waals surface area contributed by atoms with Gasteiger partial charge in [0, 0.05) is 12.6 Å². The van der Waals surface area contributed by atoms with E-state index in [1.807, 2.05) is 7.05 Å². The van der Waals surface area contributed by atoms with Crippen molar-refractivity contribution < 1.29 is 0 Å². The topological polar surface area (TPSA) is 53.3 Å². The van der Waals surface area contributed by atoms with Crippen LogP contribution in [0.1, 0.15) is 13.3 Å². The lowest BCUT2D eigenvalue weighted by atomic mass is 9.65. The fourth-order valence-electron chi connectivity index (χ4n) is 2.34. The van der Waals surface area contributed by atoms with E-state index in [0.29, 0.717) is 6.04 Å². The summed E-state index contributed by atoms with van der Waals surface area (Å²) >= 11 is 0. The van der Waals surface area contributed by atoms with Crippen molar-refractivity contribution in [1.29, 1.82) is 0 Å². The number of hydrogen-bond acceptors (Lipinski definition) is 4. The first-order valence-electron chi connectivity index (χ1n) is 4.14. The molecule has 0 aromatic rings. The van der Waals surface area contributed by atoms with Gasteiger partial charge in [-0.05, 0) is 26.3 Å². The molecule has 0 aromatic carbocycles. The number of nitrogens with one attached hydrogen (secondary N) is 2. The molecule has 2 fully saturated rings. The number of nitrogens with zero attached hydrogens (tertiary/aromatic N) is 1. The molecule has 1 saturated heterocycles. The lowest BCUT2D eigenvalue weighted by Gasteiger charge is -2.48. The van der Waals surface area contributed by atoms with Crippen LogP contribution in [-0.2, 0) is 0 Å². The zero-order chi connectivity index (χ0) is 8.06. The molecule has 0 spiro atoms. The summed E-state index contributed by atoms with van der Waals surface area (Å²) in [4.78, 5) is 0. The number of rotatable bonds is 1. The largest absolute Gasteiger partial charge is 0.315 e. The minimum Gasteiger partial charge on any atom is -0.315 e. The minimum atomic E-state index is 0.212. The molecule has 1 aliphatic carbocycles. The van der Waals surface area contributed by atoms with E-state index in [0.717, 1.165) is 12.5 Å². The normalized spacial score (nSPS) is 50.5. The molecule has 1 saturated carbocycles. The SMILES string of the molecule is CNC1CC2CN(N)NC21C. The second kappa shape index (κ2) is 2.17. The van der Waals surface area contributed by atoms with E-state index < -0.39 is 0 Å². The van der Waals surface area contributed by atoms with Gasteiger partial charge in [0.25, 0.3) is 0 Å². The van der Waals surface area contributed by atoms with Gasteiger partial charge < -0.3 is 5.32 Å². The summed E-state index contributed by atoms with van der Waals surface area (Å²) < 4.78 is 0. The Morgan fingerprint density at radius 3 is 3.00 bits per heavy atom. The second-order valence-corrected chi connectivity index (χ2v) is 3.82. The highest BCUT2D eigenvalue weighted by Gasteiger charge is 2.55. The lowest BCUT2D eigenvalue weighted by Crippen LogP contribution is -2.67. The third-order valence-electron chi connectivity index (χ3n) is 3.24. The smallest absolute Gasteiger partial charge is 0.0505 e. The Bertz CT molecular complexity index is 166. The maximum Gasteiger partial charge on any atom is 0.0505 e. The van der Waals surface area contributed by atoms with Gasteiger partial charge >= 0.3 is 0 Å². The minimum absolute atomic E-state index is 0.212. The number of fused-ring (bicyclic) bond motifs is 1. The van der Waals surface area contributed by atoms with Gasteiger partial charge in [0.2, 0.25) is 0 Å². The van der Waals surface area contributed by atoms with Crippen LogP contribution in [0.4, 0.5) is 0 Å². The van der Waals surface area contributed by atoms with Crippen LogP contribution in [0.2, 0.25) is 0 Å². The molecular formula is C7H16N4. The van der Waals surface area contributed by atoms with Crippen molar-refractivity contribution in [2.75, 3.05) is 13.6 Å². The van der Waals surface area contributed by atoms with Crippen molar-refractivity contribution in [1.82, 2.24) is 15.9 Å². The molecule has 4 heteroatoms. The molecule has 0 bridgehead atoms. The molecule has 4 N–H and O–H groups in total. The first kappa shape index (κ1) is 7.49. The predicted octanol–water partition coefficient (Wildman–Crippen LogP) is -0.953. The third kappa shape index (κ3) is 0.840. The van der Waals surface area contributed by atoms with Gasteiger partial charge in [-0.25, -0.2) is 5.43 Å². The standard InChI is InChI=1S/C7H16N4/c1-7-5(3-6(7)9-2)4-11(8)10-7/h5-6,9-10H,3-4,8H2,1-2H3. The summed E-state index contributed by atoms with van der Waals surface area (Å²) in [6.07, 6.45) is 1.24. The van der Waals surface area contributed by atoms with Crippen molar-refractivity contribution in [2.45, 2.75) is 24.9 Å². The van der Waals surface area contributed by atoms with Gasteiger partial charge in [0.15, 0.2) is 0 Å². The molecule has 3 atom stereocenters. The van der Waals surface area contributed by atoms with Crippen LogP contribution in [0.5, 0.6) is 0 Å². The van der Waals surface area contributed by atoms with E-state index in [-0.39, 0.29) is 5.54 Å². The van der Waals surface area contributed by atoms with Gasteiger partial charge in [-0.15, -0.1) is 0 Å². The number of likely N-dealkylation sites (N-methyl/N-ethyl adjacent to an activating group) is 1.